The summed E-state index contributed by atoms with van der Waals surface area (Å²) in [5.41, 5.74) is 0.359. The van der Waals surface area contributed by atoms with E-state index < -0.39 is 23.6 Å². The van der Waals surface area contributed by atoms with Gasteiger partial charge in [-0.2, -0.15) is 13.2 Å². The third-order valence-electron chi connectivity index (χ3n) is 4.31. The summed E-state index contributed by atoms with van der Waals surface area (Å²) >= 11 is 0. The average Bonchev–Trinajstić information content (AvgIpc) is 3.06. The van der Waals surface area contributed by atoms with Crippen LogP contribution in [-0.4, -0.2) is 15.4 Å². The van der Waals surface area contributed by atoms with Crippen LogP contribution in [0.25, 0.3) is 16.9 Å². The molecule has 5 nitrogen and oxygen atoms in total. The molecule has 0 unspecified atom stereocenters. The Morgan fingerprint density at radius 3 is 2.50 bits per heavy atom. The Balaban J connectivity index is 1.67. The second-order valence-corrected chi connectivity index (χ2v) is 6.41. The van der Waals surface area contributed by atoms with Crippen molar-refractivity contribution in [1.29, 1.82) is 0 Å². The van der Waals surface area contributed by atoms with Crippen LogP contribution in [0.2, 0.25) is 0 Å². The number of nitrogens with one attached hydrogen (secondary N) is 2. The quantitative estimate of drug-likeness (QED) is 0.416. The van der Waals surface area contributed by atoms with E-state index in [1.54, 1.807) is 34.9 Å². The van der Waals surface area contributed by atoms with Gasteiger partial charge >= 0.3 is 12.2 Å². The Labute approximate surface area is 168 Å². The van der Waals surface area contributed by atoms with E-state index in [9.17, 15) is 22.4 Å². The summed E-state index contributed by atoms with van der Waals surface area (Å²) in [6.45, 7) is 0. The number of imidazole rings is 1. The van der Waals surface area contributed by atoms with E-state index in [0.29, 0.717) is 16.9 Å². The summed E-state index contributed by atoms with van der Waals surface area (Å²) in [7, 11) is 0. The van der Waals surface area contributed by atoms with Crippen molar-refractivity contribution in [2.75, 3.05) is 10.6 Å². The zero-order chi connectivity index (χ0) is 21.3. The van der Waals surface area contributed by atoms with Crippen molar-refractivity contribution in [2.24, 2.45) is 0 Å². The zero-order valence-corrected chi connectivity index (χ0v) is 15.2. The summed E-state index contributed by atoms with van der Waals surface area (Å²) in [4.78, 5) is 17.0. The first-order valence-electron chi connectivity index (χ1n) is 8.79. The fourth-order valence-electron chi connectivity index (χ4n) is 3.00. The fourth-order valence-corrected chi connectivity index (χ4v) is 3.00. The summed E-state index contributed by atoms with van der Waals surface area (Å²) in [6, 6.07) is 14.4. The van der Waals surface area contributed by atoms with Crippen LogP contribution in [-0.2, 0) is 6.18 Å². The van der Waals surface area contributed by atoms with Crippen LogP contribution in [0, 0.1) is 5.82 Å². The van der Waals surface area contributed by atoms with E-state index in [4.69, 9.17) is 0 Å². The Kier molecular flexibility index (Phi) is 4.86. The molecule has 0 saturated carbocycles. The maximum absolute atomic E-state index is 13.7. The number of carbonyl (C=O) groups excluding carboxylic acids is 1. The number of amides is 2. The number of rotatable bonds is 3. The number of hydrogen-bond acceptors (Lipinski definition) is 2. The van der Waals surface area contributed by atoms with Gasteiger partial charge in [0.15, 0.2) is 0 Å². The van der Waals surface area contributed by atoms with E-state index >= 15 is 0 Å². The van der Waals surface area contributed by atoms with E-state index in [1.165, 1.54) is 30.3 Å². The molecule has 0 saturated heterocycles. The largest absolute Gasteiger partial charge is 0.416 e. The maximum atomic E-state index is 13.7. The van der Waals surface area contributed by atoms with Gasteiger partial charge in [0.25, 0.3) is 0 Å². The molecule has 0 fully saturated rings. The molecule has 2 aromatic heterocycles. The number of nitrogens with zero attached hydrogens (tertiary/aromatic N) is 2. The summed E-state index contributed by atoms with van der Waals surface area (Å²) in [5.74, 6) is -0.218. The molecule has 0 spiro atoms. The van der Waals surface area contributed by atoms with Gasteiger partial charge in [0.2, 0.25) is 0 Å². The number of aromatic nitrogens is 2. The molecular weight excluding hydrogens is 400 g/mol. The molecule has 0 aliphatic heterocycles. The number of urea groups is 1. The van der Waals surface area contributed by atoms with Crippen LogP contribution in [0.1, 0.15) is 5.56 Å². The van der Waals surface area contributed by atoms with E-state index in [2.05, 4.69) is 15.6 Å². The topological polar surface area (TPSA) is 58.4 Å². The minimum Gasteiger partial charge on any atom is -0.308 e. The highest BCUT2D eigenvalue weighted by Gasteiger charge is 2.30. The van der Waals surface area contributed by atoms with Crippen molar-refractivity contribution in [1.82, 2.24) is 9.38 Å². The second kappa shape index (κ2) is 7.51. The first-order valence-corrected chi connectivity index (χ1v) is 8.79. The average molecular weight is 414 g/mol. The Bertz CT molecular complexity index is 1230. The van der Waals surface area contributed by atoms with Crippen molar-refractivity contribution in [3.8, 4) is 11.3 Å². The number of pyridine rings is 1. The monoisotopic (exact) mass is 414 g/mol. The molecule has 0 atom stereocenters. The standard InChI is InChI=1S/C21H14F4N4O/c22-15-7-3-5-13(11-15)18-19(29-10-2-1-9-17(29)27-18)28-20(30)26-16-8-4-6-14(12-16)21(23,24)25/h1-12H,(H2,26,28,30). The second-order valence-electron chi connectivity index (χ2n) is 6.41. The van der Waals surface area contributed by atoms with Crippen LogP contribution in [0.3, 0.4) is 0 Å². The smallest absolute Gasteiger partial charge is 0.308 e. The maximum Gasteiger partial charge on any atom is 0.416 e. The van der Waals surface area contributed by atoms with Gasteiger partial charge in [0, 0.05) is 17.4 Å². The minimum absolute atomic E-state index is 0.0246. The SMILES string of the molecule is O=C(Nc1cccc(C(F)(F)F)c1)Nc1c(-c2cccc(F)c2)nc2ccccn12. The number of fused-ring (bicyclic) bond motifs is 1. The fraction of sp³-hybridized carbons (Fsp3) is 0.0476. The number of anilines is 2. The van der Waals surface area contributed by atoms with Crippen molar-refractivity contribution >= 4 is 23.2 Å². The molecular formula is C21H14F4N4O. The highest BCUT2D eigenvalue weighted by molar-refractivity contribution is 6.01. The Morgan fingerprint density at radius 1 is 0.933 bits per heavy atom. The molecule has 0 aliphatic rings. The number of carbonyl (C=O) groups is 1. The molecule has 2 heterocycles. The summed E-state index contributed by atoms with van der Waals surface area (Å²) in [6.07, 6.45) is -2.87. The van der Waals surface area contributed by atoms with Gasteiger partial charge in [-0.3, -0.25) is 9.72 Å². The highest BCUT2D eigenvalue weighted by atomic mass is 19.4. The Morgan fingerprint density at radius 2 is 1.73 bits per heavy atom. The van der Waals surface area contributed by atoms with Crippen LogP contribution < -0.4 is 10.6 Å². The van der Waals surface area contributed by atoms with Crippen LogP contribution >= 0.6 is 0 Å². The Hall–Kier alpha value is -3.88. The van der Waals surface area contributed by atoms with E-state index in [-0.39, 0.29) is 11.5 Å². The molecule has 0 radical (unpaired) electrons. The lowest BCUT2D eigenvalue weighted by Gasteiger charge is -2.11. The molecule has 152 valence electrons. The molecule has 0 bridgehead atoms. The molecule has 0 aliphatic carbocycles. The lowest BCUT2D eigenvalue weighted by Crippen LogP contribution is -2.21. The molecule has 2 N–H and O–H groups in total. The lowest BCUT2D eigenvalue weighted by atomic mass is 10.1. The third kappa shape index (κ3) is 3.95. The van der Waals surface area contributed by atoms with Crippen molar-refractivity contribution in [2.45, 2.75) is 6.18 Å². The van der Waals surface area contributed by atoms with E-state index in [1.807, 2.05) is 0 Å². The van der Waals surface area contributed by atoms with Gasteiger partial charge in [-0.05, 0) is 42.5 Å². The van der Waals surface area contributed by atoms with E-state index in [0.717, 1.165) is 12.1 Å². The number of alkyl halides is 3. The molecule has 30 heavy (non-hydrogen) atoms. The number of benzene rings is 2. The normalized spacial score (nSPS) is 11.5. The highest BCUT2D eigenvalue weighted by Crippen LogP contribution is 2.31. The van der Waals surface area contributed by atoms with Gasteiger partial charge in [-0.15, -0.1) is 0 Å². The minimum atomic E-state index is -4.53. The van der Waals surface area contributed by atoms with Crippen LogP contribution in [0.4, 0.5) is 33.9 Å². The van der Waals surface area contributed by atoms with Gasteiger partial charge in [0.1, 0.15) is 23.0 Å². The predicted octanol–water partition coefficient (Wildman–Crippen LogP) is 5.80. The molecule has 4 aromatic rings. The zero-order valence-electron chi connectivity index (χ0n) is 15.2. The molecule has 2 amide bonds. The van der Waals surface area contributed by atoms with Crippen molar-refractivity contribution < 1.29 is 22.4 Å². The first kappa shape index (κ1) is 19.4. The van der Waals surface area contributed by atoms with Crippen molar-refractivity contribution in [3.05, 3.63) is 84.3 Å². The molecule has 9 heteroatoms. The van der Waals surface area contributed by atoms with Gasteiger partial charge in [-0.1, -0.05) is 24.3 Å². The number of hydrogen-bond donors (Lipinski definition) is 2. The molecule has 2 aromatic carbocycles. The predicted molar refractivity (Wildman–Crippen MR) is 105 cm³/mol. The molecule has 4 rings (SSSR count). The van der Waals surface area contributed by atoms with Crippen LogP contribution in [0.15, 0.2) is 72.9 Å². The van der Waals surface area contributed by atoms with Gasteiger partial charge in [-0.25, -0.2) is 14.2 Å². The van der Waals surface area contributed by atoms with Crippen LogP contribution in [0.5, 0.6) is 0 Å². The third-order valence-corrected chi connectivity index (χ3v) is 4.31. The first-order chi connectivity index (χ1) is 14.3. The number of halogens is 4. The van der Waals surface area contributed by atoms with Gasteiger partial charge in [0.05, 0.1) is 5.56 Å². The summed E-state index contributed by atoms with van der Waals surface area (Å²) < 4.78 is 54.0. The van der Waals surface area contributed by atoms with Gasteiger partial charge < -0.3 is 5.32 Å². The van der Waals surface area contributed by atoms with Crippen molar-refractivity contribution in [3.63, 3.8) is 0 Å². The summed E-state index contributed by atoms with van der Waals surface area (Å²) in [5, 5.41) is 4.99. The lowest BCUT2D eigenvalue weighted by molar-refractivity contribution is -0.137.